The van der Waals surface area contributed by atoms with E-state index in [9.17, 15) is 5.11 Å². The van der Waals surface area contributed by atoms with Gasteiger partial charge < -0.3 is 20.1 Å². The quantitative estimate of drug-likeness (QED) is 0.824. The number of rotatable bonds is 3. The molecular weight excluding hydrogens is 234 g/mol. The van der Waals surface area contributed by atoms with E-state index in [0.717, 1.165) is 11.3 Å². The molecule has 2 aromatic rings. The molecule has 0 amide bonds. The zero-order chi connectivity index (χ0) is 12.5. The second-order valence-corrected chi connectivity index (χ2v) is 4.14. The first-order chi connectivity index (χ1) is 8.79. The average molecular weight is 247 g/mol. The molecule has 94 valence electrons. The first kappa shape index (κ1) is 11.2. The molecule has 2 atom stereocenters. The smallest absolute Gasteiger partial charge is 0.256 e. The van der Waals surface area contributed by atoms with Gasteiger partial charge in [-0.05, 0) is 6.07 Å². The van der Waals surface area contributed by atoms with E-state index in [1.54, 1.807) is 0 Å². The number of hydrogen-bond donors (Lipinski definition) is 2. The van der Waals surface area contributed by atoms with Crippen molar-refractivity contribution in [3.63, 3.8) is 0 Å². The van der Waals surface area contributed by atoms with Crippen molar-refractivity contribution in [1.29, 1.82) is 0 Å². The van der Waals surface area contributed by atoms with Gasteiger partial charge in [0.15, 0.2) is 5.82 Å². The van der Waals surface area contributed by atoms with Gasteiger partial charge in [-0.1, -0.05) is 23.4 Å². The summed E-state index contributed by atoms with van der Waals surface area (Å²) in [5.41, 5.74) is 6.38. The Labute approximate surface area is 103 Å². The van der Waals surface area contributed by atoms with Crippen molar-refractivity contribution in [1.82, 2.24) is 10.1 Å². The maximum Gasteiger partial charge on any atom is 0.256 e. The SMILES string of the molecule is NC[C@H](O)c1nc(C2COc3ccccc32)no1. The van der Waals surface area contributed by atoms with Crippen LogP contribution in [0.15, 0.2) is 28.8 Å². The Bertz CT molecular complexity index is 555. The summed E-state index contributed by atoms with van der Waals surface area (Å²) >= 11 is 0. The van der Waals surface area contributed by atoms with E-state index in [0.29, 0.717) is 12.4 Å². The summed E-state index contributed by atoms with van der Waals surface area (Å²) in [4.78, 5) is 4.17. The lowest BCUT2D eigenvalue weighted by molar-refractivity contribution is 0.141. The Balaban J connectivity index is 1.91. The molecule has 1 aromatic carbocycles. The first-order valence-electron chi connectivity index (χ1n) is 5.73. The molecule has 18 heavy (non-hydrogen) atoms. The third-order valence-corrected chi connectivity index (χ3v) is 2.98. The lowest BCUT2D eigenvalue weighted by Gasteiger charge is -2.02. The van der Waals surface area contributed by atoms with Crippen LogP contribution in [-0.2, 0) is 0 Å². The number of aliphatic hydroxyl groups excluding tert-OH is 1. The molecule has 0 saturated heterocycles. The normalized spacial score (nSPS) is 19.3. The summed E-state index contributed by atoms with van der Waals surface area (Å²) in [5.74, 6) is 1.45. The Hall–Kier alpha value is -1.92. The molecule has 1 aliphatic heterocycles. The van der Waals surface area contributed by atoms with E-state index in [2.05, 4.69) is 10.1 Å². The maximum atomic E-state index is 9.53. The van der Waals surface area contributed by atoms with Gasteiger partial charge in [-0.15, -0.1) is 0 Å². The second kappa shape index (κ2) is 4.40. The molecule has 0 bridgehead atoms. The van der Waals surface area contributed by atoms with Crippen molar-refractivity contribution >= 4 is 0 Å². The minimum atomic E-state index is -0.913. The summed E-state index contributed by atoms with van der Waals surface area (Å²) < 4.78 is 10.6. The number of hydrogen-bond acceptors (Lipinski definition) is 6. The third-order valence-electron chi connectivity index (χ3n) is 2.98. The van der Waals surface area contributed by atoms with Crippen molar-refractivity contribution in [3.05, 3.63) is 41.5 Å². The van der Waals surface area contributed by atoms with Gasteiger partial charge in [-0.2, -0.15) is 4.98 Å². The Kier molecular flexibility index (Phi) is 2.73. The molecule has 2 heterocycles. The molecular formula is C12H13N3O3. The van der Waals surface area contributed by atoms with Crippen LogP contribution in [0.25, 0.3) is 0 Å². The fraction of sp³-hybridized carbons (Fsp3) is 0.333. The average Bonchev–Trinajstić information content (AvgIpc) is 3.03. The second-order valence-electron chi connectivity index (χ2n) is 4.14. The molecule has 0 spiro atoms. The Morgan fingerprint density at radius 1 is 1.44 bits per heavy atom. The van der Waals surface area contributed by atoms with Gasteiger partial charge in [-0.25, -0.2) is 0 Å². The Morgan fingerprint density at radius 3 is 3.11 bits per heavy atom. The molecule has 6 heteroatoms. The fourth-order valence-corrected chi connectivity index (χ4v) is 2.00. The highest BCUT2D eigenvalue weighted by atomic mass is 16.5. The van der Waals surface area contributed by atoms with E-state index in [-0.39, 0.29) is 18.4 Å². The predicted molar refractivity (Wildman–Crippen MR) is 62.1 cm³/mol. The minimum Gasteiger partial charge on any atom is -0.492 e. The maximum absolute atomic E-state index is 9.53. The molecule has 0 fully saturated rings. The largest absolute Gasteiger partial charge is 0.492 e. The van der Waals surface area contributed by atoms with Crippen LogP contribution in [0.3, 0.4) is 0 Å². The zero-order valence-corrected chi connectivity index (χ0v) is 9.61. The summed E-state index contributed by atoms with van der Waals surface area (Å²) in [6, 6.07) is 7.74. The number of fused-ring (bicyclic) bond motifs is 1. The van der Waals surface area contributed by atoms with Crippen LogP contribution in [0.2, 0.25) is 0 Å². The number of para-hydroxylation sites is 1. The van der Waals surface area contributed by atoms with Crippen molar-refractivity contribution < 1.29 is 14.4 Å². The van der Waals surface area contributed by atoms with E-state index in [1.165, 1.54) is 0 Å². The molecule has 0 saturated carbocycles. The topological polar surface area (TPSA) is 94.4 Å². The molecule has 1 aliphatic rings. The fourth-order valence-electron chi connectivity index (χ4n) is 2.00. The highest BCUT2D eigenvalue weighted by Gasteiger charge is 2.30. The summed E-state index contributed by atoms with van der Waals surface area (Å²) in [5, 5.41) is 13.4. The molecule has 0 aliphatic carbocycles. The van der Waals surface area contributed by atoms with E-state index < -0.39 is 6.10 Å². The molecule has 3 rings (SSSR count). The van der Waals surface area contributed by atoms with Gasteiger partial charge in [0.1, 0.15) is 18.5 Å². The van der Waals surface area contributed by atoms with Gasteiger partial charge in [0, 0.05) is 12.1 Å². The molecule has 1 unspecified atom stereocenters. The lowest BCUT2D eigenvalue weighted by Crippen LogP contribution is -2.12. The first-order valence-corrected chi connectivity index (χ1v) is 5.73. The predicted octanol–water partition coefficient (Wildman–Crippen LogP) is 0.586. The number of nitrogens with two attached hydrogens (primary N) is 1. The van der Waals surface area contributed by atoms with Crippen LogP contribution < -0.4 is 10.5 Å². The summed E-state index contributed by atoms with van der Waals surface area (Å²) in [7, 11) is 0. The molecule has 3 N–H and O–H groups in total. The number of nitrogens with zero attached hydrogens (tertiary/aromatic N) is 2. The van der Waals surface area contributed by atoms with Gasteiger partial charge in [-0.3, -0.25) is 0 Å². The van der Waals surface area contributed by atoms with Gasteiger partial charge in [0.25, 0.3) is 5.89 Å². The Morgan fingerprint density at radius 2 is 2.28 bits per heavy atom. The van der Waals surface area contributed by atoms with Gasteiger partial charge >= 0.3 is 0 Å². The van der Waals surface area contributed by atoms with Crippen molar-refractivity contribution in [2.24, 2.45) is 5.73 Å². The van der Waals surface area contributed by atoms with Crippen LogP contribution in [0.4, 0.5) is 0 Å². The number of aliphatic hydroxyl groups is 1. The molecule has 0 radical (unpaired) electrons. The number of aromatic nitrogens is 2. The minimum absolute atomic E-state index is 0.0522. The lowest BCUT2D eigenvalue weighted by atomic mass is 10.0. The third kappa shape index (κ3) is 1.75. The van der Waals surface area contributed by atoms with Crippen LogP contribution in [0.5, 0.6) is 5.75 Å². The van der Waals surface area contributed by atoms with Crippen molar-refractivity contribution in [2.75, 3.05) is 13.2 Å². The summed E-state index contributed by atoms with van der Waals surface area (Å²) in [6.45, 7) is 0.538. The van der Waals surface area contributed by atoms with Crippen LogP contribution >= 0.6 is 0 Å². The van der Waals surface area contributed by atoms with Crippen LogP contribution in [0, 0.1) is 0 Å². The summed E-state index contributed by atoms with van der Waals surface area (Å²) in [6.07, 6.45) is -0.913. The van der Waals surface area contributed by atoms with Gasteiger partial charge in [0.2, 0.25) is 0 Å². The van der Waals surface area contributed by atoms with E-state index >= 15 is 0 Å². The highest BCUT2D eigenvalue weighted by Crippen LogP contribution is 2.36. The van der Waals surface area contributed by atoms with Crippen molar-refractivity contribution in [2.45, 2.75) is 12.0 Å². The highest BCUT2D eigenvalue weighted by molar-refractivity contribution is 5.42. The monoisotopic (exact) mass is 247 g/mol. The van der Waals surface area contributed by atoms with Crippen LogP contribution in [0.1, 0.15) is 29.3 Å². The number of ether oxygens (including phenoxy) is 1. The zero-order valence-electron chi connectivity index (χ0n) is 9.61. The molecule has 6 nitrogen and oxygen atoms in total. The van der Waals surface area contributed by atoms with E-state index in [1.807, 2.05) is 24.3 Å². The van der Waals surface area contributed by atoms with E-state index in [4.69, 9.17) is 15.0 Å². The van der Waals surface area contributed by atoms with Gasteiger partial charge in [0.05, 0.1) is 5.92 Å². The standard InChI is InChI=1S/C12H13N3O3/c13-5-9(16)12-14-11(15-18-12)8-6-17-10-4-2-1-3-7(8)10/h1-4,8-9,16H,5-6,13H2/t8?,9-/m0/s1. The molecule has 1 aromatic heterocycles. The van der Waals surface area contributed by atoms with Crippen LogP contribution in [-0.4, -0.2) is 28.4 Å². The van der Waals surface area contributed by atoms with Crippen molar-refractivity contribution in [3.8, 4) is 5.75 Å². The number of benzene rings is 1.